The van der Waals surface area contributed by atoms with Gasteiger partial charge in [-0.1, -0.05) is 13.2 Å². The Morgan fingerprint density at radius 2 is 1.89 bits per heavy atom. The average Bonchev–Trinajstić information content (AvgIpc) is 1.84. The lowest BCUT2D eigenvalue weighted by Gasteiger charge is -2.00. The van der Waals surface area contributed by atoms with E-state index in [1.54, 1.807) is 13.0 Å². The molecule has 0 radical (unpaired) electrons. The van der Waals surface area contributed by atoms with E-state index in [1.807, 2.05) is 0 Å². The summed E-state index contributed by atoms with van der Waals surface area (Å²) >= 11 is 0. The Kier molecular flexibility index (Phi) is 2.58. The van der Waals surface area contributed by atoms with Crippen molar-refractivity contribution in [3.63, 3.8) is 0 Å². The Bertz CT molecular complexity index is 166. The maximum atomic E-state index is 5.44. The summed E-state index contributed by atoms with van der Waals surface area (Å²) in [6, 6.07) is 0. The van der Waals surface area contributed by atoms with Gasteiger partial charge in [0, 0.05) is 11.4 Å². The molecule has 0 aliphatic heterocycles. The fourth-order valence-corrected chi connectivity index (χ4v) is 0.338. The van der Waals surface area contributed by atoms with Crippen molar-refractivity contribution >= 4 is 0 Å². The van der Waals surface area contributed by atoms with Crippen molar-refractivity contribution in [3.8, 4) is 0 Å². The zero-order valence-electron chi connectivity index (χ0n) is 5.65. The summed E-state index contributed by atoms with van der Waals surface area (Å²) in [7, 11) is 0. The highest BCUT2D eigenvalue weighted by Crippen LogP contribution is 2.03. The van der Waals surface area contributed by atoms with E-state index in [-0.39, 0.29) is 0 Å². The first-order valence-electron chi connectivity index (χ1n) is 2.63. The van der Waals surface area contributed by atoms with Crippen molar-refractivity contribution in [2.24, 2.45) is 11.5 Å². The quantitative estimate of drug-likeness (QED) is 0.537. The van der Waals surface area contributed by atoms with Crippen LogP contribution in [0.3, 0.4) is 0 Å². The van der Waals surface area contributed by atoms with Gasteiger partial charge in [0.2, 0.25) is 0 Å². The molecule has 2 heteroatoms. The van der Waals surface area contributed by atoms with Gasteiger partial charge in [0.1, 0.15) is 0 Å². The number of nitrogens with two attached hydrogens (primary N) is 2. The highest BCUT2D eigenvalue weighted by atomic mass is 14.6. The van der Waals surface area contributed by atoms with E-state index in [9.17, 15) is 0 Å². The molecule has 9 heavy (non-hydrogen) atoms. The van der Waals surface area contributed by atoms with Crippen molar-refractivity contribution in [2.75, 3.05) is 0 Å². The number of hydrogen-bond acceptors (Lipinski definition) is 2. The Labute approximate surface area is 55.5 Å². The summed E-state index contributed by atoms with van der Waals surface area (Å²) < 4.78 is 0. The van der Waals surface area contributed by atoms with Crippen LogP contribution in [0.5, 0.6) is 0 Å². The third-order valence-electron chi connectivity index (χ3n) is 1.13. The van der Waals surface area contributed by atoms with Crippen molar-refractivity contribution in [2.45, 2.75) is 6.92 Å². The standard InChI is InChI=1S/C7H12N2/c1-4-7(9)5(2)6(3)8/h4H,1,3,8-9H2,2H3/b7-5+. The van der Waals surface area contributed by atoms with Crippen molar-refractivity contribution < 1.29 is 0 Å². The predicted molar refractivity (Wildman–Crippen MR) is 40.4 cm³/mol. The minimum absolute atomic E-state index is 0.493. The average molecular weight is 124 g/mol. The molecule has 0 saturated carbocycles. The fourth-order valence-electron chi connectivity index (χ4n) is 0.338. The van der Waals surface area contributed by atoms with E-state index in [2.05, 4.69) is 13.2 Å². The minimum Gasteiger partial charge on any atom is -0.399 e. The molecule has 0 spiro atoms. The zero-order chi connectivity index (χ0) is 7.44. The van der Waals surface area contributed by atoms with Crippen LogP contribution >= 0.6 is 0 Å². The molecule has 2 nitrogen and oxygen atoms in total. The summed E-state index contributed by atoms with van der Waals surface area (Å²) in [6.07, 6.45) is 1.55. The van der Waals surface area contributed by atoms with Gasteiger partial charge in [0.25, 0.3) is 0 Å². The lowest BCUT2D eigenvalue weighted by Crippen LogP contribution is -2.04. The summed E-state index contributed by atoms with van der Waals surface area (Å²) in [4.78, 5) is 0. The second-order valence-corrected chi connectivity index (χ2v) is 1.81. The highest BCUT2D eigenvalue weighted by molar-refractivity contribution is 5.32. The predicted octanol–water partition coefficient (Wildman–Crippen LogP) is 0.878. The Hall–Kier alpha value is -1.18. The summed E-state index contributed by atoms with van der Waals surface area (Å²) in [5.41, 5.74) is 12.6. The fraction of sp³-hybridized carbons (Fsp3) is 0.143. The summed E-state index contributed by atoms with van der Waals surface area (Å²) in [5.74, 6) is 0. The normalized spacial score (nSPS) is 12.1. The summed E-state index contributed by atoms with van der Waals surface area (Å²) in [6.45, 7) is 8.81. The van der Waals surface area contributed by atoms with Crippen LogP contribution in [-0.4, -0.2) is 0 Å². The molecule has 0 saturated heterocycles. The molecular weight excluding hydrogens is 112 g/mol. The van der Waals surface area contributed by atoms with Crippen LogP contribution < -0.4 is 11.5 Å². The molecule has 0 aliphatic rings. The molecule has 0 heterocycles. The molecule has 0 aromatic carbocycles. The van der Waals surface area contributed by atoms with E-state index in [0.717, 1.165) is 5.57 Å². The van der Waals surface area contributed by atoms with E-state index in [4.69, 9.17) is 11.5 Å². The third-order valence-corrected chi connectivity index (χ3v) is 1.13. The Morgan fingerprint density at radius 1 is 1.44 bits per heavy atom. The largest absolute Gasteiger partial charge is 0.399 e. The number of allylic oxidation sites excluding steroid dienone is 2. The molecule has 0 unspecified atom stereocenters. The Morgan fingerprint density at radius 3 is 2.00 bits per heavy atom. The van der Waals surface area contributed by atoms with Gasteiger partial charge in [-0.2, -0.15) is 0 Å². The van der Waals surface area contributed by atoms with E-state index < -0.39 is 0 Å². The highest BCUT2D eigenvalue weighted by Gasteiger charge is 1.92. The molecular formula is C7H12N2. The molecule has 0 aromatic heterocycles. The van der Waals surface area contributed by atoms with Crippen LogP contribution in [0.1, 0.15) is 6.92 Å². The topological polar surface area (TPSA) is 52.0 Å². The van der Waals surface area contributed by atoms with Gasteiger partial charge < -0.3 is 11.5 Å². The molecule has 0 rings (SSSR count). The van der Waals surface area contributed by atoms with Gasteiger partial charge >= 0.3 is 0 Å². The van der Waals surface area contributed by atoms with Gasteiger partial charge in [-0.25, -0.2) is 0 Å². The number of hydrogen-bond donors (Lipinski definition) is 2. The van der Waals surface area contributed by atoms with Gasteiger partial charge in [-0.15, -0.1) is 0 Å². The second-order valence-electron chi connectivity index (χ2n) is 1.81. The van der Waals surface area contributed by atoms with Crippen molar-refractivity contribution in [1.29, 1.82) is 0 Å². The van der Waals surface area contributed by atoms with E-state index in [1.165, 1.54) is 0 Å². The van der Waals surface area contributed by atoms with Gasteiger partial charge in [-0.05, 0) is 18.6 Å². The molecule has 0 aromatic rings. The molecule has 0 amide bonds. The van der Waals surface area contributed by atoms with Crippen LogP contribution in [0.2, 0.25) is 0 Å². The summed E-state index contributed by atoms with van der Waals surface area (Å²) in [5, 5.41) is 0. The SMILES string of the molecule is C=C/C(N)=C(/C)C(=C)N. The van der Waals surface area contributed by atoms with Crippen molar-refractivity contribution in [1.82, 2.24) is 0 Å². The number of rotatable bonds is 2. The molecule has 0 fully saturated rings. The molecule has 50 valence electrons. The van der Waals surface area contributed by atoms with Crippen LogP contribution in [0.4, 0.5) is 0 Å². The van der Waals surface area contributed by atoms with Crippen LogP contribution in [0.25, 0.3) is 0 Å². The van der Waals surface area contributed by atoms with Gasteiger partial charge in [0.15, 0.2) is 0 Å². The van der Waals surface area contributed by atoms with Gasteiger partial charge in [0.05, 0.1) is 0 Å². The molecule has 0 aliphatic carbocycles. The molecule has 4 N–H and O–H groups in total. The molecule has 0 atom stereocenters. The van der Waals surface area contributed by atoms with E-state index >= 15 is 0 Å². The maximum absolute atomic E-state index is 5.44. The van der Waals surface area contributed by atoms with Crippen LogP contribution in [0, 0.1) is 0 Å². The first-order valence-corrected chi connectivity index (χ1v) is 2.63. The lowest BCUT2D eigenvalue weighted by molar-refractivity contribution is 1.23. The first kappa shape index (κ1) is 7.82. The zero-order valence-corrected chi connectivity index (χ0v) is 5.65. The smallest absolute Gasteiger partial charge is 0.0358 e. The minimum atomic E-state index is 0.493. The third kappa shape index (κ3) is 2.04. The monoisotopic (exact) mass is 124 g/mol. The van der Waals surface area contributed by atoms with Gasteiger partial charge in [-0.3, -0.25) is 0 Å². The van der Waals surface area contributed by atoms with Crippen LogP contribution in [-0.2, 0) is 0 Å². The van der Waals surface area contributed by atoms with Crippen LogP contribution in [0.15, 0.2) is 36.2 Å². The van der Waals surface area contributed by atoms with E-state index in [0.29, 0.717) is 11.4 Å². The second kappa shape index (κ2) is 2.97. The van der Waals surface area contributed by atoms with Crippen molar-refractivity contribution in [3.05, 3.63) is 36.2 Å². The Balaban J connectivity index is 4.47. The first-order chi connectivity index (χ1) is 4.09. The molecule has 0 bridgehead atoms. The lowest BCUT2D eigenvalue weighted by atomic mass is 10.2. The maximum Gasteiger partial charge on any atom is 0.0358 e.